The number of carbonyl (C=O) groups excluding carboxylic acids is 3. The topological polar surface area (TPSA) is 64.2 Å². The third-order valence-electron chi connectivity index (χ3n) is 7.40. The lowest BCUT2D eigenvalue weighted by Crippen LogP contribution is -2.70. The van der Waals surface area contributed by atoms with Crippen LogP contribution in [0.4, 0.5) is 0 Å². The molecule has 0 spiro atoms. The van der Waals surface area contributed by atoms with Crippen molar-refractivity contribution in [3.05, 3.63) is 0 Å². The second-order valence-corrected chi connectivity index (χ2v) is 11.2. The molecular weight excluding hydrogens is 368 g/mol. The molecule has 0 N–H and O–H groups in total. The minimum absolute atomic E-state index is 0.0755. The van der Waals surface area contributed by atoms with Crippen molar-refractivity contribution < 1.29 is 14.4 Å². The van der Waals surface area contributed by atoms with E-state index in [9.17, 15) is 14.4 Å². The maximum Gasteiger partial charge on any atom is 0.228 e. The highest BCUT2D eigenvalue weighted by atomic mass is 16.2. The summed E-state index contributed by atoms with van der Waals surface area (Å²) in [6.45, 7) is 0.792. The SMILES string of the molecule is CN(C)CC12CC3(C(=O)N(C)C)CC(C(=O)N(C)C)(C1)CC(C(=O)N(C)C)(C2)C3. The van der Waals surface area contributed by atoms with Crippen LogP contribution in [0.3, 0.4) is 0 Å². The van der Waals surface area contributed by atoms with Gasteiger partial charge < -0.3 is 19.6 Å². The van der Waals surface area contributed by atoms with Gasteiger partial charge in [-0.3, -0.25) is 14.4 Å². The standard InChI is InChI=1S/C22H38N4O3/c1-23(2)15-19-9-20(16(27)24(3)4)12-21(10-19,17(28)25(5)6)14-22(11-19,13-20)18(29)26(7)8/h9-15H2,1-8H3. The molecule has 0 atom stereocenters. The van der Waals surface area contributed by atoms with Crippen molar-refractivity contribution in [2.24, 2.45) is 21.7 Å². The number of rotatable bonds is 5. The summed E-state index contributed by atoms with van der Waals surface area (Å²) in [5.74, 6) is 0.227. The lowest BCUT2D eigenvalue weighted by molar-refractivity contribution is -0.218. The number of amides is 3. The zero-order valence-corrected chi connectivity index (χ0v) is 19.5. The van der Waals surface area contributed by atoms with Crippen LogP contribution >= 0.6 is 0 Å². The molecule has 0 aromatic heterocycles. The molecule has 164 valence electrons. The molecule has 4 saturated carbocycles. The van der Waals surface area contributed by atoms with Crippen LogP contribution in [0.15, 0.2) is 0 Å². The van der Waals surface area contributed by atoms with E-state index in [1.807, 2.05) is 14.1 Å². The van der Waals surface area contributed by atoms with E-state index in [1.54, 1.807) is 57.0 Å². The lowest BCUT2D eigenvalue weighted by atomic mass is 9.34. The van der Waals surface area contributed by atoms with Gasteiger partial charge in [0.15, 0.2) is 0 Å². The Morgan fingerprint density at radius 2 is 0.828 bits per heavy atom. The summed E-state index contributed by atoms with van der Waals surface area (Å²) in [7, 11) is 14.8. The van der Waals surface area contributed by atoms with Crippen LogP contribution in [-0.2, 0) is 14.4 Å². The Kier molecular flexibility index (Phi) is 5.09. The molecule has 4 fully saturated rings. The molecule has 4 bridgehead atoms. The van der Waals surface area contributed by atoms with Crippen LogP contribution in [0.2, 0.25) is 0 Å². The van der Waals surface area contributed by atoms with E-state index in [0.29, 0.717) is 19.3 Å². The average Bonchev–Trinajstić information content (AvgIpc) is 2.56. The summed E-state index contributed by atoms with van der Waals surface area (Å²) in [6.07, 6.45) is 3.98. The fourth-order valence-corrected chi connectivity index (χ4v) is 7.79. The van der Waals surface area contributed by atoms with Crippen LogP contribution in [0.5, 0.6) is 0 Å². The van der Waals surface area contributed by atoms with Crippen molar-refractivity contribution in [2.45, 2.75) is 38.5 Å². The van der Waals surface area contributed by atoms with Crippen molar-refractivity contribution in [1.29, 1.82) is 0 Å². The first-order valence-corrected chi connectivity index (χ1v) is 10.5. The Bertz CT molecular complexity index is 631. The van der Waals surface area contributed by atoms with Crippen molar-refractivity contribution in [1.82, 2.24) is 19.6 Å². The summed E-state index contributed by atoms with van der Waals surface area (Å²) in [4.78, 5) is 47.8. The Labute approximate surface area is 175 Å². The van der Waals surface area contributed by atoms with Crippen LogP contribution in [0.25, 0.3) is 0 Å². The number of hydrogen-bond donors (Lipinski definition) is 0. The first kappa shape index (κ1) is 22.1. The number of nitrogens with zero attached hydrogens (tertiary/aromatic N) is 4. The van der Waals surface area contributed by atoms with Gasteiger partial charge in [-0.2, -0.15) is 0 Å². The molecule has 29 heavy (non-hydrogen) atoms. The summed E-state index contributed by atoms with van der Waals surface area (Å²) >= 11 is 0. The lowest BCUT2D eigenvalue weighted by Gasteiger charge is -2.69. The van der Waals surface area contributed by atoms with Crippen molar-refractivity contribution in [2.75, 3.05) is 62.9 Å². The van der Waals surface area contributed by atoms with Gasteiger partial charge in [0, 0.05) is 48.8 Å². The zero-order chi connectivity index (χ0) is 22.0. The van der Waals surface area contributed by atoms with Gasteiger partial charge in [0.05, 0.1) is 16.2 Å². The molecule has 4 rings (SSSR count). The molecule has 7 nitrogen and oxygen atoms in total. The molecule has 7 heteroatoms. The third kappa shape index (κ3) is 3.25. The Hall–Kier alpha value is -1.63. The molecule has 0 radical (unpaired) electrons. The van der Waals surface area contributed by atoms with Crippen LogP contribution in [0.1, 0.15) is 38.5 Å². The molecule has 0 aromatic rings. The summed E-state index contributed by atoms with van der Waals surface area (Å²) in [5.41, 5.74) is -2.15. The number of carbonyl (C=O) groups is 3. The fraction of sp³-hybridized carbons (Fsp3) is 0.864. The summed E-state index contributed by atoms with van der Waals surface area (Å²) in [5, 5.41) is 0. The van der Waals surface area contributed by atoms with Gasteiger partial charge in [-0.1, -0.05) is 0 Å². The van der Waals surface area contributed by atoms with Crippen molar-refractivity contribution in [3.63, 3.8) is 0 Å². The van der Waals surface area contributed by atoms with Gasteiger partial charge in [0.25, 0.3) is 0 Å². The van der Waals surface area contributed by atoms with Crippen LogP contribution in [-0.4, -0.2) is 100 Å². The maximum absolute atomic E-state index is 13.6. The maximum atomic E-state index is 13.6. The van der Waals surface area contributed by atoms with Gasteiger partial charge in [0.2, 0.25) is 17.7 Å². The van der Waals surface area contributed by atoms with E-state index in [4.69, 9.17) is 0 Å². The molecule has 3 amide bonds. The normalized spacial score (nSPS) is 37.6. The molecule has 0 heterocycles. The molecule has 0 aromatic carbocycles. The highest BCUT2D eigenvalue weighted by molar-refractivity contribution is 5.92. The van der Waals surface area contributed by atoms with E-state index in [2.05, 4.69) is 4.90 Å². The number of hydrogen-bond acceptors (Lipinski definition) is 4. The second-order valence-electron chi connectivity index (χ2n) is 11.2. The van der Waals surface area contributed by atoms with E-state index >= 15 is 0 Å². The third-order valence-corrected chi connectivity index (χ3v) is 7.40. The molecule has 0 saturated heterocycles. The first-order chi connectivity index (χ1) is 13.2. The fourth-order valence-electron chi connectivity index (χ4n) is 7.79. The van der Waals surface area contributed by atoms with Crippen LogP contribution in [0, 0.1) is 21.7 Å². The van der Waals surface area contributed by atoms with Crippen LogP contribution < -0.4 is 0 Å². The van der Waals surface area contributed by atoms with E-state index in [-0.39, 0.29) is 23.1 Å². The van der Waals surface area contributed by atoms with Gasteiger partial charge in [-0.15, -0.1) is 0 Å². The predicted octanol–water partition coefficient (Wildman–Crippen LogP) is 1.14. The smallest absolute Gasteiger partial charge is 0.228 e. The second kappa shape index (κ2) is 6.69. The van der Waals surface area contributed by atoms with E-state index in [0.717, 1.165) is 25.8 Å². The Morgan fingerprint density at radius 3 is 1.03 bits per heavy atom. The van der Waals surface area contributed by atoms with E-state index < -0.39 is 16.2 Å². The summed E-state index contributed by atoms with van der Waals surface area (Å²) in [6, 6.07) is 0. The largest absolute Gasteiger partial charge is 0.348 e. The highest BCUT2D eigenvalue weighted by Gasteiger charge is 2.74. The monoisotopic (exact) mass is 406 g/mol. The zero-order valence-electron chi connectivity index (χ0n) is 19.5. The van der Waals surface area contributed by atoms with Crippen molar-refractivity contribution >= 4 is 17.7 Å². The minimum Gasteiger partial charge on any atom is -0.348 e. The van der Waals surface area contributed by atoms with Gasteiger partial charge in [0.1, 0.15) is 0 Å². The Morgan fingerprint density at radius 1 is 0.552 bits per heavy atom. The van der Waals surface area contributed by atoms with Crippen molar-refractivity contribution in [3.8, 4) is 0 Å². The molecule has 0 aliphatic heterocycles. The molecule has 4 aliphatic carbocycles. The van der Waals surface area contributed by atoms with Gasteiger partial charge in [-0.25, -0.2) is 0 Å². The molecule has 0 unspecified atom stereocenters. The Balaban J connectivity index is 2.23. The quantitative estimate of drug-likeness (QED) is 0.687. The molecule has 4 aliphatic rings. The average molecular weight is 407 g/mol. The van der Waals surface area contributed by atoms with Gasteiger partial charge >= 0.3 is 0 Å². The molecular formula is C22H38N4O3. The first-order valence-electron chi connectivity index (χ1n) is 10.5. The highest BCUT2D eigenvalue weighted by Crippen LogP contribution is 2.74. The van der Waals surface area contributed by atoms with Gasteiger partial charge in [-0.05, 0) is 58.0 Å². The van der Waals surface area contributed by atoms with E-state index in [1.165, 1.54) is 0 Å². The minimum atomic E-state index is -0.647. The predicted molar refractivity (Wildman–Crippen MR) is 112 cm³/mol. The summed E-state index contributed by atoms with van der Waals surface area (Å²) < 4.78 is 0.